The molecule has 7 nitrogen and oxygen atoms in total. The average molecular weight is 443 g/mol. The SMILES string of the molecule is CCSc1nc(N2CCCCC2)c2cnn(CCNC(=O)/C=C/c3cccs3)c2n1. The fourth-order valence-electron chi connectivity index (χ4n) is 3.51. The molecule has 1 aliphatic rings. The van der Waals surface area contributed by atoms with Gasteiger partial charge in [-0.15, -0.1) is 11.3 Å². The molecule has 0 aromatic carbocycles. The van der Waals surface area contributed by atoms with Gasteiger partial charge in [-0.3, -0.25) is 4.79 Å². The minimum atomic E-state index is -0.106. The smallest absolute Gasteiger partial charge is 0.244 e. The van der Waals surface area contributed by atoms with E-state index in [1.807, 2.05) is 34.5 Å². The van der Waals surface area contributed by atoms with Crippen molar-refractivity contribution in [1.82, 2.24) is 25.1 Å². The maximum atomic E-state index is 12.1. The Balaban J connectivity index is 1.47. The number of rotatable bonds is 8. The van der Waals surface area contributed by atoms with E-state index in [-0.39, 0.29) is 5.91 Å². The van der Waals surface area contributed by atoms with Crippen molar-refractivity contribution < 1.29 is 4.79 Å². The van der Waals surface area contributed by atoms with Gasteiger partial charge in [-0.2, -0.15) is 5.10 Å². The van der Waals surface area contributed by atoms with Crippen LogP contribution in [0.3, 0.4) is 0 Å². The third-order valence-corrected chi connectivity index (χ3v) is 6.52. The Labute approximate surface area is 184 Å². The van der Waals surface area contributed by atoms with Crippen molar-refractivity contribution in [2.24, 2.45) is 0 Å². The zero-order valence-electron chi connectivity index (χ0n) is 17.1. The van der Waals surface area contributed by atoms with E-state index >= 15 is 0 Å². The third-order valence-electron chi connectivity index (χ3n) is 4.95. The minimum absolute atomic E-state index is 0.106. The zero-order chi connectivity index (χ0) is 20.8. The summed E-state index contributed by atoms with van der Waals surface area (Å²) in [5, 5.41) is 11.2. The normalized spacial score (nSPS) is 14.6. The topological polar surface area (TPSA) is 75.9 Å². The molecular weight excluding hydrogens is 416 g/mol. The van der Waals surface area contributed by atoms with Gasteiger partial charge in [0, 0.05) is 30.6 Å². The first-order valence-electron chi connectivity index (χ1n) is 10.4. The van der Waals surface area contributed by atoms with Crippen LogP contribution >= 0.6 is 23.1 Å². The monoisotopic (exact) mass is 442 g/mol. The molecule has 4 rings (SSSR count). The standard InChI is InChI=1S/C21H26N6OS2/c1-2-29-21-24-19(26-11-4-3-5-12-26)17-15-23-27(20(17)25-21)13-10-22-18(28)9-8-16-7-6-14-30-16/h6-9,14-15H,2-5,10-13H2,1H3,(H,22,28)/b9-8+. The highest BCUT2D eigenvalue weighted by atomic mass is 32.2. The van der Waals surface area contributed by atoms with Crippen LogP contribution in [0, 0.1) is 0 Å². The van der Waals surface area contributed by atoms with E-state index in [9.17, 15) is 4.79 Å². The molecule has 1 fully saturated rings. The highest BCUT2D eigenvalue weighted by molar-refractivity contribution is 7.99. The number of fused-ring (bicyclic) bond motifs is 1. The molecule has 3 aromatic heterocycles. The summed E-state index contributed by atoms with van der Waals surface area (Å²) in [6, 6.07) is 3.95. The van der Waals surface area contributed by atoms with Gasteiger partial charge in [-0.05, 0) is 42.5 Å². The lowest BCUT2D eigenvalue weighted by molar-refractivity contribution is -0.116. The van der Waals surface area contributed by atoms with Gasteiger partial charge in [0.15, 0.2) is 10.8 Å². The van der Waals surface area contributed by atoms with Gasteiger partial charge < -0.3 is 10.2 Å². The number of anilines is 1. The Hall–Kier alpha value is -2.39. The van der Waals surface area contributed by atoms with E-state index in [2.05, 4.69) is 22.2 Å². The van der Waals surface area contributed by atoms with Crippen LogP contribution in [0.15, 0.2) is 34.9 Å². The van der Waals surface area contributed by atoms with E-state index in [1.165, 1.54) is 19.3 Å². The van der Waals surface area contributed by atoms with E-state index in [0.29, 0.717) is 13.1 Å². The summed E-state index contributed by atoms with van der Waals surface area (Å²) in [5.74, 6) is 1.81. The first-order valence-corrected chi connectivity index (χ1v) is 12.2. The number of carbonyl (C=O) groups excluding carboxylic acids is 1. The van der Waals surface area contributed by atoms with Crippen LogP contribution in [0.4, 0.5) is 5.82 Å². The molecule has 0 saturated carbocycles. The summed E-state index contributed by atoms with van der Waals surface area (Å²) in [7, 11) is 0. The summed E-state index contributed by atoms with van der Waals surface area (Å²) in [5.41, 5.74) is 0.838. The maximum absolute atomic E-state index is 12.1. The second-order valence-corrected chi connectivity index (χ2v) is 9.27. The number of amides is 1. The molecule has 1 amide bonds. The average Bonchev–Trinajstić information content (AvgIpc) is 3.43. The second kappa shape index (κ2) is 10.1. The number of nitrogens with zero attached hydrogens (tertiary/aromatic N) is 5. The Bertz CT molecular complexity index is 1010. The molecule has 158 valence electrons. The van der Waals surface area contributed by atoms with Crippen LogP contribution in [-0.4, -0.2) is 51.0 Å². The van der Waals surface area contributed by atoms with Gasteiger partial charge in [0.25, 0.3) is 0 Å². The lowest BCUT2D eigenvalue weighted by Gasteiger charge is -2.28. The molecule has 0 aliphatic carbocycles. The van der Waals surface area contributed by atoms with E-state index in [4.69, 9.17) is 9.97 Å². The molecule has 30 heavy (non-hydrogen) atoms. The molecule has 1 N–H and O–H groups in total. The molecule has 9 heteroatoms. The van der Waals surface area contributed by atoms with Crippen LogP contribution in [0.25, 0.3) is 17.1 Å². The Morgan fingerprint density at radius 3 is 2.93 bits per heavy atom. The number of thioether (sulfide) groups is 1. The van der Waals surface area contributed by atoms with E-state index in [0.717, 1.165) is 45.7 Å². The third kappa shape index (κ3) is 5.02. The van der Waals surface area contributed by atoms with Gasteiger partial charge in [-0.1, -0.05) is 24.8 Å². The molecule has 0 atom stereocenters. The summed E-state index contributed by atoms with van der Waals surface area (Å²) >= 11 is 3.25. The first-order chi connectivity index (χ1) is 14.7. The van der Waals surface area contributed by atoms with Crippen molar-refractivity contribution in [3.05, 3.63) is 34.7 Å². The number of hydrogen-bond acceptors (Lipinski definition) is 7. The lowest BCUT2D eigenvalue weighted by atomic mass is 10.1. The fraction of sp³-hybridized carbons (Fsp3) is 0.429. The molecule has 0 bridgehead atoms. The number of piperidine rings is 1. The molecule has 0 radical (unpaired) electrons. The van der Waals surface area contributed by atoms with Crippen LogP contribution in [0.2, 0.25) is 0 Å². The summed E-state index contributed by atoms with van der Waals surface area (Å²) in [6.07, 6.45) is 8.93. The van der Waals surface area contributed by atoms with Gasteiger partial charge in [0.05, 0.1) is 18.1 Å². The van der Waals surface area contributed by atoms with Gasteiger partial charge in [0.2, 0.25) is 5.91 Å². The Morgan fingerprint density at radius 2 is 2.17 bits per heavy atom. The van der Waals surface area contributed by atoms with Gasteiger partial charge >= 0.3 is 0 Å². The summed E-state index contributed by atoms with van der Waals surface area (Å²) in [4.78, 5) is 25.1. The Kier molecular flexibility index (Phi) is 7.01. The quantitative estimate of drug-likeness (QED) is 0.325. The first kappa shape index (κ1) is 20.9. The molecular formula is C21H26N6OS2. The van der Waals surface area contributed by atoms with Crippen molar-refractivity contribution in [2.75, 3.05) is 30.3 Å². The zero-order valence-corrected chi connectivity index (χ0v) is 18.7. The van der Waals surface area contributed by atoms with Crippen LogP contribution in [0.5, 0.6) is 0 Å². The molecule has 0 spiro atoms. The van der Waals surface area contributed by atoms with E-state index < -0.39 is 0 Å². The number of hydrogen-bond donors (Lipinski definition) is 1. The van der Waals surface area contributed by atoms with Crippen molar-refractivity contribution in [1.29, 1.82) is 0 Å². The second-order valence-electron chi connectivity index (χ2n) is 7.06. The predicted octanol–water partition coefficient (Wildman–Crippen LogP) is 3.82. The Morgan fingerprint density at radius 1 is 1.30 bits per heavy atom. The largest absolute Gasteiger partial charge is 0.356 e. The van der Waals surface area contributed by atoms with E-state index in [1.54, 1.807) is 29.2 Å². The minimum Gasteiger partial charge on any atom is -0.356 e. The molecule has 0 unspecified atom stereocenters. The maximum Gasteiger partial charge on any atom is 0.244 e. The lowest BCUT2D eigenvalue weighted by Crippen LogP contribution is -2.30. The fourth-order valence-corrected chi connectivity index (χ4v) is 4.69. The molecule has 4 heterocycles. The number of aromatic nitrogens is 4. The van der Waals surface area contributed by atoms with Crippen molar-refractivity contribution in [3.8, 4) is 0 Å². The van der Waals surface area contributed by atoms with Crippen LogP contribution < -0.4 is 10.2 Å². The predicted molar refractivity (Wildman–Crippen MR) is 124 cm³/mol. The van der Waals surface area contributed by atoms with Crippen molar-refractivity contribution in [3.63, 3.8) is 0 Å². The summed E-state index contributed by atoms with van der Waals surface area (Å²) < 4.78 is 1.87. The van der Waals surface area contributed by atoms with Gasteiger partial charge in [-0.25, -0.2) is 14.6 Å². The van der Waals surface area contributed by atoms with Gasteiger partial charge in [0.1, 0.15) is 5.82 Å². The van der Waals surface area contributed by atoms with Crippen molar-refractivity contribution in [2.45, 2.75) is 37.9 Å². The highest BCUT2D eigenvalue weighted by Gasteiger charge is 2.19. The highest BCUT2D eigenvalue weighted by Crippen LogP contribution is 2.29. The summed E-state index contributed by atoms with van der Waals surface area (Å²) in [6.45, 7) is 5.22. The number of carbonyl (C=O) groups is 1. The number of nitrogens with one attached hydrogen (secondary N) is 1. The molecule has 3 aromatic rings. The molecule has 1 aliphatic heterocycles. The number of thiophene rings is 1. The van der Waals surface area contributed by atoms with Crippen LogP contribution in [-0.2, 0) is 11.3 Å². The van der Waals surface area contributed by atoms with Crippen LogP contribution in [0.1, 0.15) is 31.1 Å². The molecule has 1 saturated heterocycles. The van der Waals surface area contributed by atoms with Crippen molar-refractivity contribution >= 4 is 51.9 Å².